The van der Waals surface area contributed by atoms with Crippen molar-refractivity contribution in [3.63, 3.8) is 0 Å². The minimum absolute atomic E-state index is 0.0566. The van der Waals surface area contributed by atoms with Gasteiger partial charge in [0.2, 0.25) is 5.65 Å². The molecule has 3 aromatic heterocycles. The molecule has 1 atom stereocenters. The van der Waals surface area contributed by atoms with Gasteiger partial charge in [-0.2, -0.15) is 0 Å². The van der Waals surface area contributed by atoms with Gasteiger partial charge in [-0.3, -0.25) is 9.20 Å². The number of carbonyl (C=O) groups excluding carboxylic acids is 1. The smallest absolute Gasteiger partial charge is 0.253 e. The van der Waals surface area contributed by atoms with Gasteiger partial charge in [-0.15, -0.1) is 21.5 Å². The Hall–Kier alpha value is -2.52. The van der Waals surface area contributed by atoms with E-state index in [1.165, 1.54) is 10.4 Å². The van der Waals surface area contributed by atoms with Gasteiger partial charge in [0.25, 0.3) is 5.91 Å². The zero-order valence-electron chi connectivity index (χ0n) is 15.0. The van der Waals surface area contributed by atoms with Gasteiger partial charge in [-0.1, -0.05) is 0 Å². The summed E-state index contributed by atoms with van der Waals surface area (Å²) in [6.45, 7) is 4.98. The molecule has 1 unspecified atom stereocenters. The summed E-state index contributed by atoms with van der Waals surface area (Å²) in [4.78, 5) is 22.9. The third-order valence-electron chi connectivity index (χ3n) is 5.24. The number of amides is 1. The van der Waals surface area contributed by atoms with Crippen LogP contribution >= 0.6 is 11.3 Å². The number of morpholine rings is 1. The Kier molecular flexibility index (Phi) is 4.05. The van der Waals surface area contributed by atoms with Crippen molar-refractivity contribution in [2.45, 2.75) is 26.0 Å². The van der Waals surface area contributed by atoms with E-state index in [2.05, 4.69) is 31.5 Å². The van der Waals surface area contributed by atoms with Crippen molar-refractivity contribution in [3.8, 4) is 0 Å². The van der Waals surface area contributed by atoms with E-state index in [-0.39, 0.29) is 5.91 Å². The highest BCUT2D eigenvalue weighted by atomic mass is 32.1. The van der Waals surface area contributed by atoms with E-state index in [0.29, 0.717) is 31.9 Å². The van der Waals surface area contributed by atoms with Gasteiger partial charge in [0.15, 0.2) is 11.9 Å². The summed E-state index contributed by atoms with van der Waals surface area (Å²) in [5.41, 5.74) is 1.97. The first kappa shape index (κ1) is 16.6. The molecule has 0 saturated carbocycles. The van der Waals surface area contributed by atoms with Crippen molar-refractivity contribution in [1.82, 2.24) is 24.5 Å². The summed E-state index contributed by atoms with van der Waals surface area (Å²) < 4.78 is 7.74. The fourth-order valence-electron chi connectivity index (χ4n) is 3.78. The Morgan fingerprint density at radius 3 is 3.19 bits per heavy atom. The molecule has 3 aromatic rings. The van der Waals surface area contributed by atoms with Crippen molar-refractivity contribution in [2.75, 3.05) is 31.1 Å². The molecule has 9 heteroatoms. The standard InChI is InChI=1S/C18H20N6O2S/c1-12-20-21-17-16(19-4-6-24(12)17)22-7-8-26-14(11-22)18(25)23-5-2-15-13(10-23)3-9-27-15/h3-4,6,9,14H,2,5,7-8,10-11H2,1H3. The van der Waals surface area contributed by atoms with E-state index in [4.69, 9.17) is 4.74 Å². The molecule has 8 nitrogen and oxygen atoms in total. The maximum Gasteiger partial charge on any atom is 0.253 e. The van der Waals surface area contributed by atoms with Crippen LogP contribution in [-0.4, -0.2) is 62.7 Å². The van der Waals surface area contributed by atoms with Crippen LogP contribution in [0.2, 0.25) is 0 Å². The molecular weight excluding hydrogens is 364 g/mol. The predicted molar refractivity (Wildman–Crippen MR) is 101 cm³/mol. The van der Waals surface area contributed by atoms with E-state index in [0.717, 1.165) is 24.6 Å². The van der Waals surface area contributed by atoms with Crippen LogP contribution < -0.4 is 4.90 Å². The van der Waals surface area contributed by atoms with E-state index in [9.17, 15) is 4.79 Å². The van der Waals surface area contributed by atoms with Gasteiger partial charge in [-0.05, 0) is 30.4 Å². The average Bonchev–Trinajstić information content (AvgIpc) is 3.33. The second-order valence-electron chi connectivity index (χ2n) is 6.88. The van der Waals surface area contributed by atoms with Crippen LogP contribution in [0.25, 0.3) is 5.65 Å². The van der Waals surface area contributed by atoms with E-state index in [1.54, 1.807) is 17.5 Å². The number of rotatable bonds is 2. The minimum atomic E-state index is -0.481. The lowest BCUT2D eigenvalue weighted by molar-refractivity contribution is -0.145. The average molecular weight is 384 g/mol. The molecule has 0 N–H and O–H groups in total. The lowest BCUT2D eigenvalue weighted by Crippen LogP contribution is -2.52. The first-order valence-corrected chi connectivity index (χ1v) is 9.95. The molecule has 2 aliphatic rings. The Bertz CT molecular complexity index is 999. The van der Waals surface area contributed by atoms with Gasteiger partial charge >= 0.3 is 0 Å². The summed E-state index contributed by atoms with van der Waals surface area (Å²) in [7, 11) is 0. The molecular formula is C18H20N6O2S. The molecule has 2 aliphatic heterocycles. The SMILES string of the molecule is Cc1nnc2c(N3CCOC(C(=O)N4CCc5sccc5C4)C3)nccn12. The second-order valence-corrected chi connectivity index (χ2v) is 7.88. The highest BCUT2D eigenvalue weighted by molar-refractivity contribution is 7.10. The zero-order chi connectivity index (χ0) is 18.4. The number of hydrogen-bond acceptors (Lipinski definition) is 7. The quantitative estimate of drug-likeness (QED) is 0.663. The van der Waals surface area contributed by atoms with Gasteiger partial charge in [0, 0.05) is 36.9 Å². The first-order chi connectivity index (χ1) is 13.2. The molecule has 0 spiro atoms. The Balaban J connectivity index is 1.35. The zero-order valence-corrected chi connectivity index (χ0v) is 15.9. The van der Waals surface area contributed by atoms with Crippen LogP contribution in [0, 0.1) is 6.92 Å². The molecule has 0 aliphatic carbocycles. The largest absolute Gasteiger partial charge is 0.365 e. The van der Waals surface area contributed by atoms with Gasteiger partial charge in [0.05, 0.1) is 13.2 Å². The van der Waals surface area contributed by atoms with Gasteiger partial charge in [0.1, 0.15) is 5.82 Å². The van der Waals surface area contributed by atoms with Crippen LogP contribution in [0.3, 0.4) is 0 Å². The molecule has 27 heavy (non-hydrogen) atoms. The van der Waals surface area contributed by atoms with E-state index >= 15 is 0 Å². The summed E-state index contributed by atoms with van der Waals surface area (Å²) in [6, 6.07) is 2.12. The summed E-state index contributed by atoms with van der Waals surface area (Å²) in [5, 5.41) is 10.5. The van der Waals surface area contributed by atoms with E-state index < -0.39 is 6.10 Å². The maximum atomic E-state index is 13.1. The number of thiophene rings is 1. The lowest BCUT2D eigenvalue weighted by Gasteiger charge is -2.36. The van der Waals surface area contributed by atoms with Crippen molar-refractivity contribution in [3.05, 3.63) is 40.1 Å². The lowest BCUT2D eigenvalue weighted by atomic mass is 10.1. The Morgan fingerprint density at radius 2 is 2.26 bits per heavy atom. The molecule has 0 bridgehead atoms. The molecule has 0 radical (unpaired) electrons. The molecule has 1 fully saturated rings. The third-order valence-corrected chi connectivity index (χ3v) is 6.26. The predicted octanol–water partition coefficient (Wildman–Crippen LogP) is 1.28. The van der Waals surface area contributed by atoms with Crippen LogP contribution in [0.5, 0.6) is 0 Å². The molecule has 0 aromatic carbocycles. The van der Waals surface area contributed by atoms with E-state index in [1.807, 2.05) is 22.4 Å². The second kappa shape index (κ2) is 6.58. The summed E-state index contributed by atoms with van der Waals surface area (Å²) in [5.74, 6) is 1.62. The fourth-order valence-corrected chi connectivity index (χ4v) is 4.67. The first-order valence-electron chi connectivity index (χ1n) is 9.07. The monoisotopic (exact) mass is 384 g/mol. The Morgan fingerprint density at radius 1 is 1.33 bits per heavy atom. The number of carbonyl (C=O) groups is 1. The maximum absolute atomic E-state index is 13.1. The number of aryl methyl sites for hydroxylation is 1. The topological polar surface area (TPSA) is 75.9 Å². The highest BCUT2D eigenvalue weighted by Gasteiger charge is 2.33. The van der Waals surface area contributed by atoms with Crippen molar-refractivity contribution in [1.29, 1.82) is 0 Å². The van der Waals surface area contributed by atoms with Crippen molar-refractivity contribution in [2.24, 2.45) is 0 Å². The number of hydrogen-bond donors (Lipinski definition) is 0. The highest BCUT2D eigenvalue weighted by Crippen LogP contribution is 2.26. The number of fused-ring (bicyclic) bond motifs is 2. The summed E-state index contributed by atoms with van der Waals surface area (Å²) in [6.07, 6.45) is 4.04. The number of ether oxygens (including phenoxy) is 1. The van der Waals surface area contributed by atoms with Crippen LogP contribution in [0.1, 0.15) is 16.3 Å². The number of anilines is 1. The molecule has 1 amide bonds. The molecule has 5 rings (SSSR count). The molecule has 5 heterocycles. The van der Waals surface area contributed by atoms with Crippen LogP contribution in [-0.2, 0) is 22.5 Å². The van der Waals surface area contributed by atoms with Gasteiger partial charge in [-0.25, -0.2) is 4.98 Å². The summed E-state index contributed by atoms with van der Waals surface area (Å²) >= 11 is 1.77. The number of aromatic nitrogens is 4. The van der Waals surface area contributed by atoms with Crippen LogP contribution in [0.15, 0.2) is 23.8 Å². The minimum Gasteiger partial charge on any atom is -0.365 e. The fraction of sp³-hybridized carbons (Fsp3) is 0.444. The normalized spacial score (nSPS) is 20.1. The van der Waals surface area contributed by atoms with Crippen molar-refractivity contribution >= 4 is 28.7 Å². The van der Waals surface area contributed by atoms with Crippen molar-refractivity contribution < 1.29 is 9.53 Å². The number of nitrogens with zero attached hydrogens (tertiary/aromatic N) is 6. The van der Waals surface area contributed by atoms with Gasteiger partial charge < -0.3 is 14.5 Å². The third kappa shape index (κ3) is 2.87. The van der Waals surface area contributed by atoms with Crippen LogP contribution in [0.4, 0.5) is 5.82 Å². The molecule has 1 saturated heterocycles. The Labute approximate surface area is 160 Å². The molecule has 140 valence electrons.